The number of methoxy groups -OCH3 is 2. The fourth-order valence-corrected chi connectivity index (χ4v) is 6.71. The van der Waals surface area contributed by atoms with Crippen molar-refractivity contribution in [2.24, 2.45) is 4.99 Å². The summed E-state index contributed by atoms with van der Waals surface area (Å²) in [5.41, 5.74) is 4.14. The van der Waals surface area contributed by atoms with Crippen molar-refractivity contribution >= 4 is 58.3 Å². The number of aryl methyl sites for hydroxylation is 2. The van der Waals surface area contributed by atoms with E-state index in [0.29, 0.717) is 33.6 Å². The Hall–Kier alpha value is -3.69. The molecule has 0 aliphatic carbocycles. The first-order chi connectivity index (χ1) is 18.4. The van der Waals surface area contributed by atoms with E-state index in [4.69, 9.17) is 14.5 Å². The molecule has 0 fully saturated rings. The molecule has 0 saturated heterocycles. The first kappa shape index (κ1) is 24.6. The Morgan fingerprint density at radius 1 is 0.789 bits per heavy atom. The Morgan fingerprint density at radius 3 is 2.08 bits per heavy atom. The van der Waals surface area contributed by atoms with E-state index in [1.165, 1.54) is 16.2 Å². The molecule has 3 aromatic heterocycles. The van der Waals surface area contributed by atoms with Crippen LogP contribution < -0.4 is 9.47 Å². The largest absolute Gasteiger partial charge is 0.678 e. The maximum Gasteiger partial charge on any atom is 0.678 e. The van der Waals surface area contributed by atoms with Crippen LogP contribution in [0.4, 0.5) is 8.63 Å². The average molecular weight is 544 g/mol. The molecule has 4 heterocycles. The number of halogens is 2. The van der Waals surface area contributed by atoms with Gasteiger partial charge in [-0.1, -0.05) is 0 Å². The molecule has 1 aliphatic rings. The molecule has 5 aromatic rings. The van der Waals surface area contributed by atoms with Gasteiger partial charge >= 0.3 is 7.40 Å². The summed E-state index contributed by atoms with van der Waals surface area (Å²) in [6.45, 7) is 4.03. The summed E-state index contributed by atoms with van der Waals surface area (Å²) in [6.07, 6.45) is 1.78. The molecule has 0 radical (unpaired) electrons. The van der Waals surface area contributed by atoms with Crippen molar-refractivity contribution in [2.75, 3.05) is 14.2 Å². The molecular weight excluding hydrogens is 521 g/mol. The third-order valence-electron chi connectivity index (χ3n) is 6.66. The van der Waals surface area contributed by atoms with Crippen molar-refractivity contribution in [1.29, 1.82) is 0 Å². The van der Waals surface area contributed by atoms with Crippen LogP contribution in [0.2, 0.25) is 0 Å². The molecule has 0 unspecified atom stereocenters. The second kappa shape index (κ2) is 9.56. The monoisotopic (exact) mass is 544 g/mol. The van der Waals surface area contributed by atoms with Crippen LogP contribution in [-0.4, -0.2) is 31.8 Å². The molecule has 0 amide bonds. The molecule has 0 atom stereocenters. The third kappa shape index (κ3) is 4.06. The lowest BCUT2D eigenvalue weighted by Crippen LogP contribution is -2.15. The fraction of sp³-hybridized carbons (Fsp3) is 0.138. The smallest absolute Gasteiger partial charge is 0.497 e. The molecular formula is C29H23BF2N2O2S2. The Labute approximate surface area is 227 Å². The van der Waals surface area contributed by atoms with Crippen LogP contribution in [0.5, 0.6) is 11.5 Å². The minimum absolute atomic E-state index is 0.405. The Bertz CT molecular complexity index is 1760. The maximum atomic E-state index is 14.9. The van der Waals surface area contributed by atoms with E-state index in [0.717, 1.165) is 41.7 Å². The molecule has 6 rings (SSSR count). The second-order valence-electron chi connectivity index (χ2n) is 9.02. The molecule has 0 spiro atoms. The second-order valence-corrected chi connectivity index (χ2v) is 11.6. The molecule has 0 N–H and O–H groups in total. The first-order valence-corrected chi connectivity index (χ1v) is 13.6. The van der Waals surface area contributed by atoms with Crippen LogP contribution >= 0.6 is 22.7 Å². The number of nitrogens with zero attached hydrogens (tertiary/aromatic N) is 2. The predicted molar refractivity (Wildman–Crippen MR) is 155 cm³/mol. The number of ether oxygens (including phenoxy) is 2. The summed E-state index contributed by atoms with van der Waals surface area (Å²) in [4.78, 5) is 9.02. The molecule has 2 aromatic carbocycles. The molecule has 9 heteroatoms. The van der Waals surface area contributed by atoms with Gasteiger partial charge in [0.05, 0.1) is 41.1 Å². The van der Waals surface area contributed by atoms with Crippen LogP contribution in [-0.2, 0) is 0 Å². The highest BCUT2D eigenvalue weighted by Crippen LogP contribution is 2.43. The zero-order valence-electron chi connectivity index (χ0n) is 21.2. The lowest BCUT2D eigenvalue weighted by atomic mass is 10.0. The summed E-state index contributed by atoms with van der Waals surface area (Å²) >= 11 is 3.15. The van der Waals surface area contributed by atoms with E-state index >= 15 is 0 Å². The minimum Gasteiger partial charge on any atom is -0.497 e. The van der Waals surface area contributed by atoms with Crippen molar-refractivity contribution in [2.45, 2.75) is 13.8 Å². The van der Waals surface area contributed by atoms with E-state index < -0.39 is 7.40 Å². The lowest BCUT2D eigenvalue weighted by molar-refractivity contribution is 0.414. The van der Waals surface area contributed by atoms with Crippen molar-refractivity contribution in [3.63, 3.8) is 0 Å². The number of rotatable bonds is 6. The van der Waals surface area contributed by atoms with Gasteiger partial charge in [-0.3, -0.25) is 8.63 Å². The number of benzene rings is 2. The SMILES string of the molecule is COc1ccc2c(c1)C(c1ccc(C)s1)=N/C2=C\c1c2ccc(OC)cc2c(-c2ccc(C)s2)n1B(F)F. The highest BCUT2D eigenvalue weighted by molar-refractivity contribution is 7.15. The number of aliphatic imine (C=N–C) groups is 1. The van der Waals surface area contributed by atoms with Crippen LogP contribution in [0, 0.1) is 13.8 Å². The van der Waals surface area contributed by atoms with Gasteiger partial charge in [-0.05, 0) is 80.6 Å². The molecule has 0 saturated carbocycles. The minimum atomic E-state index is -2.75. The van der Waals surface area contributed by atoms with Crippen molar-refractivity contribution in [3.05, 3.63) is 92.1 Å². The average Bonchev–Trinajstić information content (AvgIpc) is 3.68. The number of hydrogen-bond acceptors (Lipinski definition) is 5. The lowest BCUT2D eigenvalue weighted by Gasteiger charge is -2.08. The number of hydrogen-bond donors (Lipinski definition) is 0. The topological polar surface area (TPSA) is 35.8 Å². The first-order valence-electron chi connectivity index (χ1n) is 12.0. The van der Waals surface area contributed by atoms with Crippen molar-refractivity contribution in [1.82, 2.24) is 4.48 Å². The van der Waals surface area contributed by atoms with Gasteiger partial charge < -0.3 is 14.0 Å². The van der Waals surface area contributed by atoms with Gasteiger partial charge in [-0.2, -0.15) is 0 Å². The van der Waals surface area contributed by atoms with E-state index in [9.17, 15) is 8.63 Å². The summed E-state index contributed by atoms with van der Waals surface area (Å²) in [7, 11) is 0.455. The molecule has 38 heavy (non-hydrogen) atoms. The zero-order valence-corrected chi connectivity index (χ0v) is 22.8. The predicted octanol–water partition coefficient (Wildman–Crippen LogP) is 8.19. The number of aromatic nitrogens is 1. The highest BCUT2D eigenvalue weighted by Gasteiger charge is 2.30. The zero-order chi connectivity index (χ0) is 26.6. The number of fused-ring (bicyclic) bond motifs is 2. The third-order valence-corrected chi connectivity index (χ3v) is 8.68. The fourth-order valence-electron chi connectivity index (χ4n) is 4.91. The Morgan fingerprint density at radius 2 is 1.45 bits per heavy atom. The quantitative estimate of drug-likeness (QED) is 0.202. The van der Waals surface area contributed by atoms with Crippen LogP contribution in [0.15, 0.2) is 65.7 Å². The van der Waals surface area contributed by atoms with E-state index in [-0.39, 0.29) is 0 Å². The Kier molecular flexibility index (Phi) is 6.20. The standard InChI is InChI=1S/C29H23BF2N2O2S2/c1-16-5-11-26(37-16)28-22-13-18(35-3)7-9-20(22)24(33-28)15-25-21-10-8-19(36-4)14-23(21)29(34(25)30(31)32)27-12-6-17(2)38-27/h5-15H,1-4H3/b24-15-. The number of thiophene rings is 2. The van der Waals surface area contributed by atoms with Crippen molar-refractivity contribution in [3.8, 4) is 22.1 Å². The van der Waals surface area contributed by atoms with Gasteiger partial charge in [0.15, 0.2) is 0 Å². The van der Waals surface area contributed by atoms with Gasteiger partial charge in [0.2, 0.25) is 0 Å². The van der Waals surface area contributed by atoms with Crippen LogP contribution in [0.3, 0.4) is 0 Å². The molecule has 0 bridgehead atoms. The molecule has 4 nitrogen and oxygen atoms in total. The van der Waals surface area contributed by atoms with Gasteiger partial charge in [0.1, 0.15) is 11.5 Å². The van der Waals surface area contributed by atoms with Gasteiger partial charge in [-0.25, -0.2) is 4.99 Å². The van der Waals surface area contributed by atoms with E-state index in [1.54, 1.807) is 37.7 Å². The van der Waals surface area contributed by atoms with Gasteiger partial charge in [0.25, 0.3) is 0 Å². The van der Waals surface area contributed by atoms with Crippen LogP contribution in [0.25, 0.3) is 33.1 Å². The Balaban J connectivity index is 1.64. The summed E-state index contributed by atoms with van der Waals surface area (Å²) in [5.74, 6) is 1.33. The van der Waals surface area contributed by atoms with Crippen LogP contribution in [0.1, 0.15) is 31.5 Å². The summed E-state index contributed by atoms with van der Waals surface area (Å²) in [6, 6.07) is 19.2. The summed E-state index contributed by atoms with van der Waals surface area (Å²) in [5, 5.41) is 1.43. The van der Waals surface area contributed by atoms with Gasteiger partial charge in [0, 0.05) is 37.3 Å². The van der Waals surface area contributed by atoms with E-state index in [2.05, 4.69) is 13.0 Å². The molecule has 190 valence electrons. The van der Waals surface area contributed by atoms with Gasteiger partial charge in [-0.15, -0.1) is 22.7 Å². The highest BCUT2D eigenvalue weighted by atomic mass is 32.1. The van der Waals surface area contributed by atoms with Crippen molar-refractivity contribution < 1.29 is 18.1 Å². The summed E-state index contributed by atoms with van der Waals surface area (Å²) < 4.78 is 41.8. The molecule has 1 aliphatic heterocycles. The maximum absolute atomic E-state index is 14.9. The normalized spacial score (nSPS) is 13.7. The van der Waals surface area contributed by atoms with E-state index in [1.807, 2.05) is 55.5 Å².